The minimum atomic E-state index is -5.47. The zero-order valence-electron chi connectivity index (χ0n) is 23.3. The van der Waals surface area contributed by atoms with Crippen molar-refractivity contribution < 1.29 is 48.1 Å². The fraction of sp³-hybridized carbons (Fsp3) is 0.519. The average molecular weight is 602 g/mol. The largest absolute Gasteiger partial charge is 0.494 e. The lowest BCUT2D eigenvalue weighted by Gasteiger charge is -2.30. The number of carbonyl (C=O) groups is 1. The summed E-state index contributed by atoms with van der Waals surface area (Å²) in [6.07, 6.45) is 0.673. The molecular weight excluding hydrogens is 560 g/mol. The first-order chi connectivity index (χ1) is 18.5. The number of carbonyl (C=O) groups excluding carboxylic acids is 1. The third-order valence-corrected chi connectivity index (χ3v) is 10.3. The summed E-state index contributed by atoms with van der Waals surface area (Å²) in [5.41, 5.74) is 2.89. The molecule has 1 unspecified atom stereocenters. The van der Waals surface area contributed by atoms with Gasteiger partial charge in [-0.15, -0.1) is 0 Å². The van der Waals surface area contributed by atoms with Crippen molar-refractivity contribution in [3.63, 3.8) is 0 Å². The first kappa shape index (κ1) is 34.1. The smallest absolute Gasteiger partial charge is 0.369 e. The summed E-state index contributed by atoms with van der Waals surface area (Å²) in [5.74, 6) is 0.407. The standard InChI is InChI=1S/C27H41NO10P2/c1-20(2)17-22-9-11-24(12-10-22)21(3)26(29)38-19-23-7-5-8-25(18-23)37-16-6-14-28(4)15-13-27(30,39(31,32)33)40(34,35)36/h5,7-12,18,20-21,30H,6,13-17,19H2,1-4H3,(H2,31,32,33)(H2,34,35,36). The van der Waals surface area contributed by atoms with Gasteiger partial charge in [0.05, 0.1) is 12.5 Å². The van der Waals surface area contributed by atoms with Crippen LogP contribution in [0.2, 0.25) is 0 Å². The topological polar surface area (TPSA) is 174 Å². The van der Waals surface area contributed by atoms with Crippen LogP contribution in [0.1, 0.15) is 56.2 Å². The fourth-order valence-electron chi connectivity index (χ4n) is 3.99. The molecule has 40 heavy (non-hydrogen) atoms. The Morgan fingerprint density at radius 3 is 2.15 bits per heavy atom. The van der Waals surface area contributed by atoms with Crippen LogP contribution < -0.4 is 4.74 Å². The van der Waals surface area contributed by atoms with Gasteiger partial charge >= 0.3 is 21.2 Å². The van der Waals surface area contributed by atoms with Crippen LogP contribution in [0.5, 0.6) is 5.75 Å². The van der Waals surface area contributed by atoms with E-state index in [-0.39, 0.29) is 19.1 Å². The molecule has 0 amide bonds. The minimum absolute atomic E-state index is 0.0938. The molecule has 13 heteroatoms. The molecule has 224 valence electrons. The van der Waals surface area contributed by atoms with E-state index in [2.05, 4.69) is 13.8 Å². The molecule has 0 fully saturated rings. The molecule has 0 bridgehead atoms. The SMILES string of the molecule is CC(C)Cc1ccc(C(C)C(=O)OCc2cccc(OCCCN(C)CCC(O)(P(=O)(O)O)P(=O)(O)O)c2)cc1. The van der Waals surface area contributed by atoms with Crippen LogP contribution in [-0.4, -0.2) is 67.4 Å². The second-order valence-electron chi connectivity index (χ2n) is 10.4. The van der Waals surface area contributed by atoms with Gasteiger partial charge < -0.3 is 39.1 Å². The summed E-state index contributed by atoms with van der Waals surface area (Å²) in [4.78, 5) is 51.1. The van der Waals surface area contributed by atoms with Crippen molar-refractivity contribution in [3.8, 4) is 5.75 Å². The molecule has 2 rings (SSSR count). The van der Waals surface area contributed by atoms with Crippen molar-refractivity contribution in [2.24, 2.45) is 5.92 Å². The van der Waals surface area contributed by atoms with Crippen molar-refractivity contribution >= 4 is 21.2 Å². The molecule has 1 atom stereocenters. The Labute approximate surface area is 235 Å². The van der Waals surface area contributed by atoms with Gasteiger partial charge in [-0.1, -0.05) is 50.2 Å². The number of hydrogen-bond donors (Lipinski definition) is 5. The van der Waals surface area contributed by atoms with Crippen LogP contribution in [0.4, 0.5) is 0 Å². The predicted octanol–water partition coefficient (Wildman–Crippen LogP) is 3.82. The van der Waals surface area contributed by atoms with Crippen molar-refractivity contribution in [1.82, 2.24) is 4.90 Å². The van der Waals surface area contributed by atoms with Crippen LogP contribution >= 0.6 is 15.2 Å². The van der Waals surface area contributed by atoms with Crippen LogP contribution in [0.15, 0.2) is 48.5 Å². The summed E-state index contributed by atoms with van der Waals surface area (Å²) >= 11 is 0. The lowest BCUT2D eigenvalue weighted by molar-refractivity contribution is -0.146. The average Bonchev–Trinajstić information content (AvgIpc) is 2.87. The number of esters is 1. The first-order valence-corrected chi connectivity index (χ1v) is 16.3. The van der Waals surface area contributed by atoms with Gasteiger partial charge in [0.15, 0.2) is 0 Å². The normalized spacial score (nSPS) is 13.5. The van der Waals surface area contributed by atoms with E-state index in [4.69, 9.17) is 9.47 Å². The van der Waals surface area contributed by atoms with E-state index in [0.717, 1.165) is 17.5 Å². The lowest BCUT2D eigenvalue weighted by atomic mass is 9.97. The third-order valence-electron chi connectivity index (χ3n) is 6.47. The zero-order valence-corrected chi connectivity index (χ0v) is 25.1. The number of aliphatic hydroxyl groups is 1. The Hall–Kier alpha value is -2.07. The lowest BCUT2D eigenvalue weighted by Crippen LogP contribution is -2.34. The van der Waals surface area contributed by atoms with Gasteiger partial charge in [0.25, 0.3) is 5.08 Å². The molecule has 2 aromatic rings. The summed E-state index contributed by atoms with van der Waals surface area (Å²) in [6, 6.07) is 15.1. The van der Waals surface area contributed by atoms with Gasteiger partial charge in [0.1, 0.15) is 12.4 Å². The highest BCUT2D eigenvalue weighted by molar-refractivity contribution is 7.72. The summed E-state index contributed by atoms with van der Waals surface area (Å²) in [7, 11) is -9.35. The molecule has 5 N–H and O–H groups in total. The number of ether oxygens (including phenoxy) is 2. The van der Waals surface area contributed by atoms with E-state index in [0.29, 0.717) is 31.2 Å². The van der Waals surface area contributed by atoms with E-state index < -0.39 is 32.6 Å². The fourth-order valence-corrected chi connectivity index (χ4v) is 6.13. The molecule has 0 aromatic heterocycles. The summed E-state index contributed by atoms with van der Waals surface area (Å²) in [6.45, 7) is 6.75. The highest BCUT2D eigenvalue weighted by atomic mass is 31.2. The van der Waals surface area contributed by atoms with E-state index in [1.54, 1.807) is 30.1 Å². The Morgan fingerprint density at radius 2 is 1.57 bits per heavy atom. The van der Waals surface area contributed by atoms with Crippen LogP contribution in [0, 0.1) is 5.92 Å². The maximum atomic E-state index is 12.6. The van der Waals surface area contributed by atoms with Gasteiger partial charge in [0.2, 0.25) is 0 Å². The second-order valence-corrected chi connectivity index (χ2v) is 14.4. The third kappa shape index (κ3) is 10.1. The van der Waals surface area contributed by atoms with Crippen molar-refractivity contribution in [3.05, 3.63) is 65.2 Å². The highest BCUT2D eigenvalue weighted by Crippen LogP contribution is 2.68. The molecule has 0 saturated carbocycles. The number of benzene rings is 2. The summed E-state index contributed by atoms with van der Waals surface area (Å²) in [5, 5.41) is 6.55. The number of rotatable bonds is 16. The Balaban J connectivity index is 1.79. The Morgan fingerprint density at radius 1 is 0.950 bits per heavy atom. The molecule has 0 spiro atoms. The first-order valence-electron chi connectivity index (χ1n) is 13.0. The van der Waals surface area contributed by atoms with E-state index in [9.17, 15) is 38.6 Å². The Kier molecular flexibility index (Phi) is 12.6. The quantitative estimate of drug-likeness (QED) is 0.107. The molecule has 2 aromatic carbocycles. The van der Waals surface area contributed by atoms with Gasteiger partial charge in [-0.3, -0.25) is 13.9 Å². The monoisotopic (exact) mass is 601 g/mol. The molecule has 0 heterocycles. The van der Waals surface area contributed by atoms with E-state index >= 15 is 0 Å². The number of hydrogen-bond acceptors (Lipinski definition) is 7. The van der Waals surface area contributed by atoms with Crippen molar-refractivity contribution in [2.45, 2.75) is 57.6 Å². The van der Waals surface area contributed by atoms with Crippen molar-refractivity contribution in [2.75, 3.05) is 26.7 Å². The molecule has 0 radical (unpaired) electrons. The molecule has 0 aliphatic carbocycles. The number of nitrogens with zero attached hydrogens (tertiary/aromatic N) is 1. The minimum Gasteiger partial charge on any atom is -0.494 e. The van der Waals surface area contributed by atoms with Crippen LogP contribution in [0.25, 0.3) is 0 Å². The van der Waals surface area contributed by atoms with Crippen LogP contribution in [0.3, 0.4) is 0 Å². The molecule has 11 nitrogen and oxygen atoms in total. The predicted molar refractivity (Wildman–Crippen MR) is 151 cm³/mol. The van der Waals surface area contributed by atoms with Gasteiger partial charge in [-0.2, -0.15) is 0 Å². The van der Waals surface area contributed by atoms with Gasteiger partial charge in [0, 0.05) is 19.5 Å². The summed E-state index contributed by atoms with van der Waals surface area (Å²) < 4.78 is 34.2. The van der Waals surface area contributed by atoms with Gasteiger partial charge in [-0.05, 0) is 61.6 Å². The molecule has 0 saturated heterocycles. The van der Waals surface area contributed by atoms with E-state index in [1.165, 1.54) is 5.56 Å². The van der Waals surface area contributed by atoms with Crippen molar-refractivity contribution in [1.29, 1.82) is 0 Å². The maximum absolute atomic E-state index is 12.6. The van der Waals surface area contributed by atoms with E-state index in [1.807, 2.05) is 37.3 Å². The maximum Gasteiger partial charge on any atom is 0.369 e. The van der Waals surface area contributed by atoms with Gasteiger partial charge in [-0.25, -0.2) is 0 Å². The second kappa shape index (κ2) is 14.7. The van der Waals surface area contributed by atoms with Crippen LogP contribution in [-0.2, 0) is 31.7 Å². The zero-order chi connectivity index (χ0) is 30.1. The highest BCUT2D eigenvalue weighted by Gasteiger charge is 2.58. The molecule has 0 aliphatic rings. The molecular formula is C27H41NO10P2. The molecule has 0 aliphatic heterocycles. The Bertz CT molecular complexity index is 1170.